The minimum atomic E-state index is -0.842. The molecule has 162 valence electrons. The summed E-state index contributed by atoms with van der Waals surface area (Å²) in [6.45, 7) is 7.33. The summed E-state index contributed by atoms with van der Waals surface area (Å²) in [5.74, 6) is -2.14. The van der Waals surface area contributed by atoms with E-state index in [1.165, 1.54) is 29.2 Å². The Kier molecular flexibility index (Phi) is 7.14. The van der Waals surface area contributed by atoms with Crippen LogP contribution in [0, 0.1) is 5.82 Å². The Morgan fingerprint density at radius 2 is 1.83 bits per heavy atom. The van der Waals surface area contributed by atoms with Crippen LogP contribution >= 0.6 is 11.5 Å². The zero-order valence-corrected chi connectivity index (χ0v) is 18.2. The summed E-state index contributed by atoms with van der Waals surface area (Å²) in [5, 5.41) is 2.88. The van der Waals surface area contributed by atoms with E-state index in [1.807, 2.05) is 20.8 Å². The number of amides is 3. The number of hydrogen-bond donors (Lipinski definition) is 3. The summed E-state index contributed by atoms with van der Waals surface area (Å²) in [5.41, 5.74) is 11.0. The van der Waals surface area contributed by atoms with Crippen molar-refractivity contribution in [1.82, 2.24) is 14.6 Å². The molecule has 0 aliphatic carbocycles. The van der Waals surface area contributed by atoms with Crippen LogP contribution in [0.25, 0.3) is 0 Å². The van der Waals surface area contributed by atoms with Gasteiger partial charge in [0.15, 0.2) is 5.69 Å². The van der Waals surface area contributed by atoms with Gasteiger partial charge in [0.1, 0.15) is 16.7 Å². The summed E-state index contributed by atoms with van der Waals surface area (Å²) in [6.07, 6.45) is 0.330. The number of anilines is 1. The van der Waals surface area contributed by atoms with E-state index in [-0.39, 0.29) is 28.7 Å². The summed E-state index contributed by atoms with van der Waals surface area (Å²) < 4.78 is 17.2. The molecule has 0 radical (unpaired) electrons. The Morgan fingerprint density at radius 1 is 1.23 bits per heavy atom. The summed E-state index contributed by atoms with van der Waals surface area (Å²) in [6, 6.07) is 4.81. The van der Waals surface area contributed by atoms with Crippen LogP contribution < -0.4 is 16.8 Å². The van der Waals surface area contributed by atoms with Gasteiger partial charge in [0, 0.05) is 12.1 Å². The molecule has 1 heterocycles. The van der Waals surface area contributed by atoms with E-state index in [2.05, 4.69) is 9.69 Å². The van der Waals surface area contributed by atoms with E-state index in [4.69, 9.17) is 11.5 Å². The number of nitrogens with one attached hydrogen (secondary N) is 1. The first-order valence-electron chi connectivity index (χ1n) is 9.37. The maximum atomic E-state index is 13.4. The molecule has 1 aromatic carbocycles. The predicted molar refractivity (Wildman–Crippen MR) is 113 cm³/mol. The summed E-state index contributed by atoms with van der Waals surface area (Å²) in [7, 11) is 0. The maximum Gasteiger partial charge on any atom is 0.270 e. The second kappa shape index (κ2) is 9.21. The van der Waals surface area contributed by atoms with Crippen molar-refractivity contribution in [3.05, 3.63) is 46.2 Å². The Morgan fingerprint density at radius 3 is 2.30 bits per heavy atom. The number of primary amides is 1. The second-order valence-corrected chi connectivity index (χ2v) is 8.63. The molecule has 2 aromatic rings. The minimum absolute atomic E-state index is 0.0212. The number of aromatic nitrogens is 1. The monoisotopic (exact) mass is 435 g/mol. The van der Waals surface area contributed by atoms with Gasteiger partial charge in [-0.3, -0.25) is 14.4 Å². The zero-order valence-electron chi connectivity index (χ0n) is 17.4. The van der Waals surface area contributed by atoms with Crippen molar-refractivity contribution in [2.75, 3.05) is 5.73 Å². The summed E-state index contributed by atoms with van der Waals surface area (Å²) in [4.78, 5) is 39.1. The van der Waals surface area contributed by atoms with Gasteiger partial charge in [0.05, 0.1) is 5.69 Å². The quantitative estimate of drug-likeness (QED) is 0.614. The Balaban J connectivity index is 2.46. The molecule has 0 saturated heterocycles. The molecule has 5 N–H and O–H groups in total. The Labute approximate surface area is 178 Å². The molecule has 0 aliphatic heterocycles. The van der Waals surface area contributed by atoms with Gasteiger partial charge in [-0.1, -0.05) is 19.1 Å². The average Bonchev–Trinajstić information content (AvgIpc) is 3.02. The predicted octanol–water partition coefficient (Wildman–Crippen LogP) is 2.30. The molecule has 0 spiro atoms. The first-order chi connectivity index (χ1) is 13.9. The highest BCUT2D eigenvalue weighted by Crippen LogP contribution is 2.26. The zero-order chi connectivity index (χ0) is 22.6. The number of nitrogen functional groups attached to an aromatic ring is 1. The molecule has 0 bridgehead atoms. The van der Waals surface area contributed by atoms with Crippen LogP contribution in [-0.4, -0.2) is 38.6 Å². The van der Waals surface area contributed by atoms with Crippen LogP contribution in [-0.2, 0) is 11.3 Å². The van der Waals surface area contributed by atoms with Gasteiger partial charge < -0.3 is 21.7 Å². The van der Waals surface area contributed by atoms with Crippen molar-refractivity contribution >= 4 is 34.9 Å². The van der Waals surface area contributed by atoms with E-state index in [1.54, 1.807) is 6.92 Å². The largest absolute Gasteiger partial charge is 0.395 e. The molecule has 0 aliphatic rings. The minimum Gasteiger partial charge on any atom is -0.395 e. The van der Waals surface area contributed by atoms with Crippen LogP contribution in [0.2, 0.25) is 0 Å². The molecule has 0 unspecified atom stereocenters. The lowest BCUT2D eigenvalue weighted by molar-refractivity contribution is -0.127. The third kappa shape index (κ3) is 5.53. The van der Waals surface area contributed by atoms with E-state index < -0.39 is 29.2 Å². The third-order valence-electron chi connectivity index (χ3n) is 4.25. The molecule has 3 amide bonds. The highest BCUT2D eigenvalue weighted by molar-refractivity contribution is 7.09. The highest BCUT2D eigenvalue weighted by atomic mass is 32.1. The molecule has 1 atom stereocenters. The van der Waals surface area contributed by atoms with E-state index in [0.717, 1.165) is 11.5 Å². The lowest BCUT2D eigenvalue weighted by Crippen LogP contribution is -2.53. The standard InChI is InChI=1S/C20H26FN5O3S/c1-5-13(18(28)24-20(2,3)4)26(10-11-6-8-12(21)9-7-11)19(29)16-14(22)15(17(23)27)25-30-16/h6-9,13H,5,10,22H2,1-4H3,(H2,23,27)(H,24,28)/t13-/m0/s1. The van der Waals surface area contributed by atoms with Crippen LogP contribution in [0.3, 0.4) is 0 Å². The number of rotatable bonds is 7. The average molecular weight is 436 g/mol. The van der Waals surface area contributed by atoms with Crippen LogP contribution in [0.4, 0.5) is 10.1 Å². The van der Waals surface area contributed by atoms with Gasteiger partial charge in [0.25, 0.3) is 11.8 Å². The fourth-order valence-corrected chi connectivity index (χ4v) is 3.63. The van der Waals surface area contributed by atoms with Crippen molar-refractivity contribution in [2.24, 2.45) is 5.73 Å². The number of benzene rings is 1. The number of nitrogens with two attached hydrogens (primary N) is 2. The van der Waals surface area contributed by atoms with Crippen molar-refractivity contribution in [1.29, 1.82) is 0 Å². The maximum absolute atomic E-state index is 13.4. The molecule has 10 heteroatoms. The number of hydrogen-bond acceptors (Lipinski definition) is 6. The molecule has 0 fully saturated rings. The van der Waals surface area contributed by atoms with Crippen LogP contribution in [0.1, 0.15) is 59.8 Å². The number of carbonyl (C=O) groups excluding carboxylic acids is 3. The van der Waals surface area contributed by atoms with E-state index >= 15 is 0 Å². The topological polar surface area (TPSA) is 131 Å². The number of nitrogens with zero attached hydrogens (tertiary/aromatic N) is 2. The van der Waals surface area contributed by atoms with Gasteiger partial charge >= 0.3 is 0 Å². The number of halogens is 1. The van der Waals surface area contributed by atoms with Crippen molar-refractivity contribution in [3.8, 4) is 0 Å². The molecular weight excluding hydrogens is 409 g/mol. The molecule has 1 aromatic heterocycles. The smallest absolute Gasteiger partial charge is 0.270 e. The fourth-order valence-electron chi connectivity index (χ4n) is 2.87. The normalized spacial score (nSPS) is 12.3. The van der Waals surface area contributed by atoms with Crippen molar-refractivity contribution in [2.45, 2.75) is 52.2 Å². The molecule has 8 nitrogen and oxygen atoms in total. The van der Waals surface area contributed by atoms with E-state index in [0.29, 0.717) is 12.0 Å². The van der Waals surface area contributed by atoms with Gasteiger partial charge in [-0.05, 0) is 56.4 Å². The SMILES string of the molecule is CC[C@@H](C(=O)NC(C)(C)C)N(Cc1ccc(F)cc1)C(=O)c1snc(C(N)=O)c1N. The van der Waals surface area contributed by atoms with E-state index in [9.17, 15) is 18.8 Å². The third-order valence-corrected chi connectivity index (χ3v) is 5.10. The van der Waals surface area contributed by atoms with Gasteiger partial charge in [-0.15, -0.1) is 0 Å². The summed E-state index contributed by atoms with van der Waals surface area (Å²) >= 11 is 0.748. The fraction of sp³-hybridized carbons (Fsp3) is 0.400. The van der Waals surface area contributed by atoms with Crippen LogP contribution in [0.5, 0.6) is 0 Å². The van der Waals surface area contributed by atoms with Gasteiger partial charge in [-0.25, -0.2) is 4.39 Å². The second-order valence-electron chi connectivity index (χ2n) is 7.86. The Hall–Kier alpha value is -3.01. The van der Waals surface area contributed by atoms with Crippen molar-refractivity contribution < 1.29 is 18.8 Å². The van der Waals surface area contributed by atoms with Crippen LogP contribution in [0.15, 0.2) is 24.3 Å². The van der Waals surface area contributed by atoms with Gasteiger partial charge in [0.2, 0.25) is 5.91 Å². The first kappa shape index (κ1) is 23.3. The van der Waals surface area contributed by atoms with Gasteiger partial charge in [-0.2, -0.15) is 4.37 Å². The molecule has 0 saturated carbocycles. The first-order valence-corrected chi connectivity index (χ1v) is 10.1. The Bertz CT molecular complexity index is 937. The molecule has 2 rings (SSSR count). The number of carbonyl (C=O) groups is 3. The molecular formula is C20H26FN5O3S. The molecule has 30 heavy (non-hydrogen) atoms. The van der Waals surface area contributed by atoms with Crippen molar-refractivity contribution in [3.63, 3.8) is 0 Å². The highest BCUT2D eigenvalue weighted by Gasteiger charge is 2.33. The lowest BCUT2D eigenvalue weighted by Gasteiger charge is -2.32. The lowest BCUT2D eigenvalue weighted by atomic mass is 10.1.